The lowest BCUT2D eigenvalue weighted by Crippen LogP contribution is -2.27. The van der Waals surface area contributed by atoms with E-state index in [0.29, 0.717) is 31.8 Å². The Morgan fingerprint density at radius 1 is 1.19 bits per heavy atom. The average Bonchev–Trinajstić information content (AvgIpc) is 3.14. The first-order valence-electron chi connectivity index (χ1n) is 8.50. The van der Waals surface area contributed by atoms with Gasteiger partial charge in [-0.15, -0.1) is 0 Å². The largest absolute Gasteiger partial charge is 0.446 e. The number of ether oxygens (including phenoxy) is 1. The zero-order valence-electron chi connectivity index (χ0n) is 14.7. The van der Waals surface area contributed by atoms with Crippen molar-refractivity contribution in [1.29, 1.82) is 0 Å². The van der Waals surface area contributed by atoms with E-state index >= 15 is 0 Å². The maximum atomic E-state index is 11.9. The van der Waals surface area contributed by atoms with Crippen molar-refractivity contribution >= 4 is 12.0 Å². The van der Waals surface area contributed by atoms with Crippen molar-refractivity contribution in [2.75, 3.05) is 13.1 Å². The fourth-order valence-electron chi connectivity index (χ4n) is 2.11. The number of benzene rings is 1. The van der Waals surface area contributed by atoms with E-state index in [1.54, 1.807) is 6.92 Å². The summed E-state index contributed by atoms with van der Waals surface area (Å²) in [6.45, 7) is 2.91. The number of hydrogen-bond donors (Lipinski definition) is 3. The fourth-order valence-corrected chi connectivity index (χ4v) is 2.11. The Bertz CT molecular complexity index is 700. The number of nitrogens with zero attached hydrogens (tertiary/aromatic N) is 1. The number of amides is 2. The van der Waals surface area contributed by atoms with Crippen LogP contribution in [0, 0.1) is 0 Å². The van der Waals surface area contributed by atoms with Gasteiger partial charge in [-0.25, -0.2) is 9.78 Å². The van der Waals surface area contributed by atoms with Gasteiger partial charge < -0.3 is 25.5 Å². The molecule has 0 bridgehead atoms. The molecule has 1 heterocycles. The molecule has 26 heavy (non-hydrogen) atoms. The lowest BCUT2D eigenvalue weighted by atomic mass is 10.2. The van der Waals surface area contributed by atoms with Gasteiger partial charge in [-0.05, 0) is 25.3 Å². The predicted octanol–water partition coefficient (Wildman–Crippen LogP) is 2.13. The minimum Gasteiger partial charge on any atom is -0.446 e. The van der Waals surface area contributed by atoms with Crippen LogP contribution < -0.4 is 16.4 Å². The Labute approximate surface area is 152 Å². The Morgan fingerprint density at radius 2 is 1.88 bits per heavy atom. The van der Waals surface area contributed by atoms with Gasteiger partial charge in [0.15, 0.2) is 5.69 Å². The van der Waals surface area contributed by atoms with Gasteiger partial charge in [-0.2, -0.15) is 0 Å². The number of hydrogen-bond acceptors (Lipinski definition) is 6. The number of alkyl carbamates (subject to hydrolysis) is 1. The minimum absolute atomic E-state index is 0.208. The number of carbonyl (C=O) groups excluding carboxylic acids is 2. The molecule has 2 rings (SSSR count). The van der Waals surface area contributed by atoms with Crippen LogP contribution in [0.5, 0.6) is 0 Å². The number of aromatic nitrogens is 1. The third kappa shape index (κ3) is 6.56. The van der Waals surface area contributed by atoms with Gasteiger partial charge in [0, 0.05) is 13.1 Å². The van der Waals surface area contributed by atoms with Crippen LogP contribution in [0.15, 0.2) is 41.0 Å². The molecular formula is C18H24N4O4. The summed E-state index contributed by atoms with van der Waals surface area (Å²) in [6.07, 6.45) is 2.26. The molecular weight excluding hydrogens is 336 g/mol. The second-order valence-electron chi connectivity index (χ2n) is 5.81. The molecule has 2 aromatic rings. The summed E-state index contributed by atoms with van der Waals surface area (Å²) in [7, 11) is 0. The Morgan fingerprint density at radius 3 is 2.54 bits per heavy atom. The lowest BCUT2D eigenvalue weighted by molar-refractivity contribution is 0.0947. The van der Waals surface area contributed by atoms with Crippen LogP contribution in [-0.2, 0) is 11.3 Å². The summed E-state index contributed by atoms with van der Waals surface area (Å²) in [5, 5.41) is 5.41. The summed E-state index contributed by atoms with van der Waals surface area (Å²) in [4.78, 5) is 27.5. The number of oxazole rings is 1. The third-order valence-electron chi connectivity index (χ3n) is 3.52. The van der Waals surface area contributed by atoms with Crippen molar-refractivity contribution in [1.82, 2.24) is 15.6 Å². The van der Waals surface area contributed by atoms with E-state index in [0.717, 1.165) is 5.56 Å². The van der Waals surface area contributed by atoms with Crippen molar-refractivity contribution in [3.8, 4) is 0 Å². The van der Waals surface area contributed by atoms with E-state index in [2.05, 4.69) is 15.6 Å². The first-order valence-corrected chi connectivity index (χ1v) is 8.50. The topological polar surface area (TPSA) is 119 Å². The second kappa shape index (κ2) is 10.2. The van der Waals surface area contributed by atoms with Crippen LogP contribution in [0.1, 0.15) is 47.7 Å². The molecule has 8 heteroatoms. The van der Waals surface area contributed by atoms with Crippen molar-refractivity contribution in [3.63, 3.8) is 0 Å². The molecule has 1 unspecified atom stereocenters. The molecule has 2 amide bonds. The number of carbonyl (C=O) groups is 2. The maximum absolute atomic E-state index is 11.9. The lowest BCUT2D eigenvalue weighted by Gasteiger charge is -2.07. The van der Waals surface area contributed by atoms with E-state index in [-0.39, 0.29) is 24.2 Å². The minimum atomic E-state index is -0.455. The molecule has 8 nitrogen and oxygen atoms in total. The quantitative estimate of drug-likeness (QED) is 0.589. The Kier molecular flexibility index (Phi) is 7.63. The summed E-state index contributed by atoms with van der Waals surface area (Å²) < 4.78 is 10.2. The zero-order chi connectivity index (χ0) is 18.8. The molecule has 1 atom stereocenters. The molecule has 0 radical (unpaired) electrons. The normalized spacial score (nSPS) is 11.6. The molecule has 0 fully saturated rings. The van der Waals surface area contributed by atoms with E-state index in [1.165, 1.54) is 6.26 Å². The predicted molar refractivity (Wildman–Crippen MR) is 95.3 cm³/mol. The van der Waals surface area contributed by atoms with Gasteiger partial charge >= 0.3 is 6.09 Å². The number of unbranched alkanes of at least 4 members (excludes halogenated alkanes) is 1. The molecule has 0 aliphatic carbocycles. The molecule has 140 valence electrons. The molecule has 1 aromatic carbocycles. The van der Waals surface area contributed by atoms with Crippen molar-refractivity contribution < 1.29 is 18.7 Å². The molecule has 0 spiro atoms. The van der Waals surface area contributed by atoms with E-state index in [9.17, 15) is 9.59 Å². The van der Waals surface area contributed by atoms with Crippen LogP contribution in [0.3, 0.4) is 0 Å². The van der Waals surface area contributed by atoms with Gasteiger partial charge in [0.05, 0.1) is 6.04 Å². The highest BCUT2D eigenvalue weighted by molar-refractivity contribution is 5.91. The number of rotatable bonds is 9. The van der Waals surface area contributed by atoms with Crippen LogP contribution in [0.2, 0.25) is 0 Å². The van der Waals surface area contributed by atoms with Crippen molar-refractivity contribution in [3.05, 3.63) is 53.7 Å². The molecule has 1 aromatic heterocycles. The fraction of sp³-hybridized carbons (Fsp3) is 0.389. The molecule has 0 aliphatic rings. The first kappa shape index (κ1) is 19.5. The van der Waals surface area contributed by atoms with Crippen molar-refractivity contribution in [2.24, 2.45) is 5.73 Å². The average molecular weight is 360 g/mol. The summed E-state index contributed by atoms with van der Waals surface area (Å²) in [5.41, 5.74) is 6.77. The molecule has 0 aliphatic heterocycles. The van der Waals surface area contributed by atoms with E-state index in [4.69, 9.17) is 14.9 Å². The summed E-state index contributed by atoms with van der Waals surface area (Å²) >= 11 is 0. The standard InChI is InChI=1S/C18H24N4O4/c1-13(19)17-22-15(12-25-17)16(23)20-9-5-6-10-21-18(24)26-11-14-7-3-2-4-8-14/h2-4,7-8,12-13H,5-6,9-11,19H2,1H3,(H,20,23)(H,21,24). The highest BCUT2D eigenvalue weighted by Crippen LogP contribution is 2.08. The third-order valence-corrected chi connectivity index (χ3v) is 3.52. The SMILES string of the molecule is CC(N)c1nc(C(=O)NCCCCNC(=O)OCc2ccccc2)co1. The Hall–Kier alpha value is -2.87. The molecule has 0 saturated carbocycles. The molecule has 0 saturated heterocycles. The van der Waals surface area contributed by atoms with Gasteiger partial charge in [0.2, 0.25) is 5.89 Å². The van der Waals surface area contributed by atoms with E-state index < -0.39 is 6.09 Å². The highest BCUT2D eigenvalue weighted by atomic mass is 16.5. The smallest absolute Gasteiger partial charge is 0.407 e. The second-order valence-corrected chi connectivity index (χ2v) is 5.81. The van der Waals surface area contributed by atoms with Crippen molar-refractivity contribution in [2.45, 2.75) is 32.4 Å². The summed E-state index contributed by atoms with van der Waals surface area (Å²) in [6, 6.07) is 9.11. The van der Waals surface area contributed by atoms with Gasteiger partial charge in [-0.3, -0.25) is 4.79 Å². The summed E-state index contributed by atoms with van der Waals surface area (Å²) in [5.74, 6) is 0.0178. The van der Waals surface area contributed by atoms with Gasteiger partial charge in [0.1, 0.15) is 12.9 Å². The van der Waals surface area contributed by atoms with Crippen LogP contribution in [-0.4, -0.2) is 30.1 Å². The first-order chi connectivity index (χ1) is 12.6. The Balaban J connectivity index is 1.53. The van der Waals surface area contributed by atoms with Gasteiger partial charge in [-0.1, -0.05) is 30.3 Å². The van der Waals surface area contributed by atoms with E-state index in [1.807, 2.05) is 30.3 Å². The monoisotopic (exact) mass is 360 g/mol. The molecule has 4 N–H and O–H groups in total. The van der Waals surface area contributed by atoms with Crippen LogP contribution in [0.4, 0.5) is 4.79 Å². The number of nitrogens with two attached hydrogens (primary N) is 1. The van der Waals surface area contributed by atoms with Crippen LogP contribution >= 0.6 is 0 Å². The maximum Gasteiger partial charge on any atom is 0.407 e. The highest BCUT2D eigenvalue weighted by Gasteiger charge is 2.13. The zero-order valence-corrected chi connectivity index (χ0v) is 14.7. The number of nitrogens with one attached hydrogen (secondary N) is 2. The van der Waals surface area contributed by atoms with Gasteiger partial charge in [0.25, 0.3) is 5.91 Å². The van der Waals surface area contributed by atoms with Crippen LogP contribution in [0.25, 0.3) is 0 Å².